The van der Waals surface area contributed by atoms with E-state index in [2.05, 4.69) is 20.8 Å². The zero-order valence-corrected chi connectivity index (χ0v) is 21.2. The van der Waals surface area contributed by atoms with Crippen molar-refractivity contribution in [3.63, 3.8) is 0 Å². The number of thioether (sulfide) groups is 1. The molecule has 4 rings (SSSR count). The number of aryl methyl sites for hydroxylation is 1. The lowest BCUT2D eigenvalue weighted by atomic mass is 10.0. The van der Waals surface area contributed by atoms with Gasteiger partial charge in [-0.15, -0.1) is 10.2 Å². The number of amides is 2. The van der Waals surface area contributed by atoms with Crippen LogP contribution in [0.15, 0.2) is 57.2 Å². The maximum Gasteiger partial charge on any atom is 0.338 e. The number of esters is 1. The van der Waals surface area contributed by atoms with E-state index < -0.39 is 18.0 Å². The molecule has 190 valence electrons. The molecule has 0 unspecified atom stereocenters. The summed E-state index contributed by atoms with van der Waals surface area (Å²) in [5.74, 6) is 2.87. The van der Waals surface area contributed by atoms with Crippen LogP contribution in [-0.2, 0) is 23.2 Å². The molecule has 0 spiro atoms. The van der Waals surface area contributed by atoms with Gasteiger partial charge in [0.1, 0.15) is 35.7 Å². The number of hydrogen-bond acceptors (Lipinski definition) is 9. The van der Waals surface area contributed by atoms with Crippen LogP contribution in [0.5, 0.6) is 11.5 Å². The largest absolute Gasteiger partial charge is 0.497 e. The van der Waals surface area contributed by atoms with E-state index >= 15 is 0 Å². The van der Waals surface area contributed by atoms with Crippen LogP contribution in [-0.4, -0.2) is 46.2 Å². The van der Waals surface area contributed by atoms with Crippen LogP contribution in [0.1, 0.15) is 30.3 Å². The smallest absolute Gasteiger partial charge is 0.338 e. The van der Waals surface area contributed by atoms with E-state index in [-0.39, 0.29) is 24.5 Å². The molecule has 0 saturated carbocycles. The van der Waals surface area contributed by atoms with Gasteiger partial charge in [0.15, 0.2) is 11.0 Å². The molecule has 2 aromatic heterocycles. The van der Waals surface area contributed by atoms with Gasteiger partial charge in [-0.3, -0.25) is 0 Å². The Labute approximate surface area is 212 Å². The first-order chi connectivity index (χ1) is 17.4. The molecular weight excluding hydrogens is 486 g/mol. The monoisotopic (exact) mass is 513 g/mol. The Bertz CT molecular complexity index is 1270. The molecular formula is C24H27N5O6S. The Morgan fingerprint density at radius 3 is 2.58 bits per heavy atom. The maximum absolute atomic E-state index is 12.9. The number of nitrogens with zero attached hydrogens (tertiary/aromatic N) is 3. The van der Waals surface area contributed by atoms with E-state index in [9.17, 15) is 9.59 Å². The van der Waals surface area contributed by atoms with Gasteiger partial charge in [0.05, 0.1) is 19.3 Å². The van der Waals surface area contributed by atoms with Crippen molar-refractivity contribution in [2.24, 2.45) is 7.05 Å². The summed E-state index contributed by atoms with van der Waals surface area (Å²) in [4.78, 5) is 25.3. The molecule has 3 aromatic rings. The Hall–Kier alpha value is -3.93. The Morgan fingerprint density at radius 1 is 1.17 bits per heavy atom. The fourth-order valence-corrected chi connectivity index (χ4v) is 4.46. The quantitative estimate of drug-likeness (QED) is 0.310. The first-order valence-corrected chi connectivity index (χ1v) is 12.2. The summed E-state index contributed by atoms with van der Waals surface area (Å²) in [5.41, 5.74) is 0.698. The van der Waals surface area contributed by atoms with Crippen molar-refractivity contribution in [3.8, 4) is 11.5 Å². The van der Waals surface area contributed by atoms with Gasteiger partial charge in [-0.2, -0.15) is 0 Å². The lowest BCUT2D eigenvalue weighted by molar-refractivity contribution is -0.139. The fourth-order valence-electron chi connectivity index (χ4n) is 3.56. The van der Waals surface area contributed by atoms with Crippen LogP contribution in [0.2, 0.25) is 0 Å². The molecule has 2 amide bonds. The van der Waals surface area contributed by atoms with Crippen molar-refractivity contribution in [3.05, 3.63) is 65.0 Å². The highest BCUT2D eigenvalue weighted by Crippen LogP contribution is 2.31. The number of benzene rings is 1. The molecule has 0 aliphatic carbocycles. The zero-order chi connectivity index (χ0) is 25.7. The predicted molar refractivity (Wildman–Crippen MR) is 131 cm³/mol. The van der Waals surface area contributed by atoms with Crippen LogP contribution in [0.25, 0.3) is 0 Å². The van der Waals surface area contributed by atoms with Gasteiger partial charge in [0.2, 0.25) is 0 Å². The molecule has 0 bridgehead atoms. The fraction of sp³-hybridized carbons (Fsp3) is 0.333. The lowest BCUT2D eigenvalue weighted by Gasteiger charge is -2.27. The molecule has 3 heterocycles. The highest BCUT2D eigenvalue weighted by molar-refractivity contribution is 7.99. The molecule has 0 fully saturated rings. The lowest BCUT2D eigenvalue weighted by Crippen LogP contribution is -2.46. The zero-order valence-electron chi connectivity index (χ0n) is 20.4. The molecule has 1 aliphatic rings. The highest BCUT2D eigenvalue weighted by atomic mass is 32.2. The number of furan rings is 1. The second kappa shape index (κ2) is 11.2. The van der Waals surface area contributed by atoms with Gasteiger partial charge < -0.3 is 33.8 Å². The molecule has 2 N–H and O–H groups in total. The normalized spacial score (nSPS) is 15.3. The van der Waals surface area contributed by atoms with Crippen molar-refractivity contribution in [2.75, 3.05) is 19.5 Å². The van der Waals surface area contributed by atoms with Crippen LogP contribution in [0, 0.1) is 6.92 Å². The topological polar surface area (TPSA) is 130 Å². The number of nitrogens with one attached hydrogen (secondary N) is 2. The van der Waals surface area contributed by atoms with Crippen molar-refractivity contribution in [1.29, 1.82) is 0 Å². The Kier molecular flexibility index (Phi) is 7.84. The van der Waals surface area contributed by atoms with Gasteiger partial charge in [-0.1, -0.05) is 11.8 Å². The number of carbonyl (C=O) groups is 2. The minimum absolute atomic E-state index is 0.196. The first kappa shape index (κ1) is 25.2. The number of ether oxygens (including phenoxy) is 3. The van der Waals surface area contributed by atoms with E-state index in [0.717, 1.165) is 5.75 Å². The molecule has 36 heavy (non-hydrogen) atoms. The van der Waals surface area contributed by atoms with Gasteiger partial charge >= 0.3 is 12.0 Å². The molecule has 11 nitrogen and oxygen atoms in total. The number of carbonyl (C=O) groups excluding carboxylic acids is 2. The standard InChI is InChI=1S/C24H27N5O6S/c1-5-33-22(30)20-17(25-23(31)26-21(20)18-11-6-14(2)35-18)13-36-24-28-27-19(29(24)3)12-34-16-9-7-15(32-4)8-10-16/h6-11,21H,5,12-13H2,1-4H3,(H2,25,26,31)/t21-/m1/s1. The van der Waals surface area contributed by atoms with Crippen LogP contribution >= 0.6 is 11.8 Å². The van der Waals surface area contributed by atoms with Crippen LogP contribution < -0.4 is 20.1 Å². The van der Waals surface area contributed by atoms with Gasteiger partial charge in [-0.25, -0.2) is 9.59 Å². The average molecular weight is 514 g/mol. The summed E-state index contributed by atoms with van der Waals surface area (Å²) in [6.45, 7) is 3.93. The van der Waals surface area contributed by atoms with Gasteiger partial charge in [0, 0.05) is 18.5 Å². The van der Waals surface area contributed by atoms with Crippen LogP contribution in [0.3, 0.4) is 0 Å². The van der Waals surface area contributed by atoms with Crippen molar-refractivity contribution in [2.45, 2.75) is 31.7 Å². The van der Waals surface area contributed by atoms with Crippen LogP contribution in [0.4, 0.5) is 4.79 Å². The maximum atomic E-state index is 12.9. The van der Waals surface area contributed by atoms with Crippen molar-refractivity contribution in [1.82, 2.24) is 25.4 Å². The van der Waals surface area contributed by atoms with E-state index in [0.29, 0.717) is 33.9 Å². The number of methoxy groups -OCH3 is 1. The third-order valence-corrected chi connectivity index (χ3v) is 6.44. The third kappa shape index (κ3) is 5.65. The van der Waals surface area contributed by atoms with Crippen molar-refractivity contribution < 1.29 is 28.2 Å². The average Bonchev–Trinajstić information content (AvgIpc) is 3.46. The Morgan fingerprint density at radius 2 is 1.92 bits per heavy atom. The van der Waals surface area contributed by atoms with Gasteiger partial charge in [-0.05, 0) is 50.2 Å². The van der Waals surface area contributed by atoms with E-state index in [1.165, 1.54) is 11.8 Å². The summed E-state index contributed by atoms with van der Waals surface area (Å²) in [7, 11) is 3.43. The van der Waals surface area contributed by atoms with E-state index in [1.54, 1.807) is 37.7 Å². The number of hydrogen-bond donors (Lipinski definition) is 2. The summed E-state index contributed by atoms with van der Waals surface area (Å²) < 4.78 is 23.7. The number of aromatic nitrogens is 3. The second-order valence-corrected chi connectivity index (χ2v) is 8.75. The van der Waals surface area contributed by atoms with Gasteiger partial charge in [0.25, 0.3) is 0 Å². The number of urea groups is 1. The predicted octanol–water partition coefficient (Wildman–Crippen LogP) is 3.27. The molecule has 12 heteroatoms. The molecule has 0 radical (unpaired) electrons. The summed E-state index contributed by atoms with van der Waals surface area (Å²) in [6, 6.07) is 9.54. The first-order valence-electron chi connectivity index (χ1n) is 11.2. The minimum Gasteiger partial charge on any atom is -0.497 e. The Balaban J connectivity index is 1.50. The van der Waals surface area contributed by atoms with E-state index in [4.69, 9.17) is 18.6 Å². The highest BCUT2D eigenvalue weighted by Gasteiger charge is 2.35. The third-order valence-electron chi connectivity index (χ3n) is 5.39. The summed E-state index contributed by atoms with van der Waals surface area (Å²) >= 11 is 1.32. The molecule has 1 atom stereocenters. The molecule has 1 aliphatic heterocycles. The summed E-state index contributed by atoms with van der Waals surface area (Å²) in [6.07, 6.45) is 0. The van der Waals surface area contributed by atoms with E-state index in [1.807, 2.05) is 31.3 Å². The second-order valence-electron chi connectivity index (χ2n) is 7.80. The molecule has 1 aromatic carbocycles. The molecule has 0 saturated heterocycles. The summed E-state index contributed by atoms with van der Waals surface area (Å²) in [5, 5.41) is 14.5. The SMILES string of the molecule is CCOC(=O)C1=C(CSc2nnc(COc3ccc(OC)cc3)n2C)NC(=O)N[C@@H]1c1ccc(C)o1. The van der Waals surface area contributed by atoms with Crippen molar-refractivity contribution >= 4 is 23.8 Å². The minimum atomic E-state index is -0.768. The number of rotatable bonds is 10.